The molecule has 21 heavy (non-hydrogen) atoms. The molecule has 1 aliphatic heterocycles. The van der Waals surface area contributed by atoms with Crippen LogP contribution in [0.1, 0.15) is 23.6 Å². The minimum atomic E-state index is -0.0249. The van der Waals surface area contributed by atoms with Gasteiger partial charge in [0.1, 0.15) is 5.75 Å². The average molecular weight is 386 g/mol. The van der Waals surface area contributed by atoms with Gasteiger partial charge in [0, 0.05) is 26.5 Å². The highest BCUT2D eigenvalue weighted by molar-refractivity contribution is 9.10. The van der Waals surface area contributed by atoms with Crippen molar-refractivity contribution >= 4 is 44.8 Å². The monoisotopic (exact) mass is 384 g/mol. The number of hydrogen-bond acceptors (Lipinski definition) is 3. The van der Waals surface area contributed by atoms with Crippen molar-refractivity contribution in [1.29, 1.82) is 0 Å². The standard InChI is InChI=1S/C15H11BrCl2N2O/c16-8-1-4-15(21)11(5-8)14-7-13(19-20-14)10-3-2-9(17)6-12(10)18/h1-6,13,19,21H,7H2. The van der Waals surface area contributed by atoms with E-state index in [4.69, 9.17) is 23.2 Å². The van der Waals surface area contributed by atoms with Gasteiger partial charge in [-0.25, -0.2) is 0 Å². The van der Waals surface area contributed by atoms with Gasteiger partial charge in [-0.2, -0.15) is 5.10 Å². The summed E-state index contributed by atoms with van der Waals surface area (Å²) in [6, 6.07) is 10.7. The first-order valence-electron chi connectivity index (χ1n) is 6.30. The Morgan fingerprint density at radius 1 is 1.19 bits per heavy atom. The first-order chi connectivity index (χ1) is 10.0. The molecular formula is C15H11BrCl2N2O. The third-order valence-electron chi connectivity index (χ3n) is 3.36. The number of phenols is 1. The van der Waals surface area contributed by atoms with E-state index in [0.29, 0.717) is 22.0 Å². The Labute approximate surface area is 140 Å². The second-order valence-electron chi connectivity index (χ2n) is 4.77. The maximum absolute atomic E-state index is 9.97. The van der Waals surface area contributed by atoms with E-state index in [1.54, 1.807) is 24.3 Å². The molecule has 0 fully saturated rings. The molecule has 1 unspecified atom stereocenters. The van der Waals surface area contributed by atoms with Crippen LogP contribution in [0, 0.1) is 0 Å². The van der Waals surface area contributed by atoms with Gasteiger partial charge in [-0.15, -0.1) is 0 Å². The molecule has 6 heteroatoms. The molecule has 2 aromatic rings. The Kier molecular flexibility index (Phi) is 4.11. The van der Waals surface area contributed by atoms with Crippen LogP contribution in [0.5, 0.6) is 5.75 Å². The first kappa shape index (κ1) is 14.7. The summed E-state index contributed by atoms with van der Waals surface area (Å²) in [6.45, 7) is 0. The lowest BCUT2D eigenvalue weighted by Crippen LogP contribution is -2.10. The Morgan fingerprint density at radius 2 is 2.00 bits per heavy atom. The lowest BCUT2D eigenvalue weighted by molar-refractivity contribution is 0.474. The van der Waals surface area contributed by atoms with Crippen molar-refractivity contribution in [1.82, 2.24) is 5.43 Å². The zero-order valence-electron chi connectivity index (χ0n) is 10.8. The summed E-state index contributed by atoms with van der Waals surface area (Å²) >= 11 is 15.5. The van der Waals surface area contributed by atoms with E-state index in [0.717, 1.165) is 15.7 Å². The topological polar surface area (TPSA) is 44.6 Å². The van der Waals surface area contributed by atoms with Crippen LogP contribution < -0.4 is 5.43 Å². The van der Waals surface area contributed by atoms with Gasteiger partial charge in [0.25, 0.3) is 0 Å². The molecule has 3 nitrogen and oxygen atoms in total. The molecule has 0 spiro atoms. The molecule has 0 saturated carbocycles. The molecule has 3 rings (SSSR count). The Balaban J connectivity index is 1.86. The lowest BCUT2D eigenvalue weighted by Gasteiger charge is -2.12. The Bertz CT molecular complexity index is 734. The zero-order chi connectivity index (χ0) is 15.0. The van der Waals surface area contributed by atoms with Crippen LogP contribution in [0.25, 0.3) is 0 Å². The Hall–Kier alpha value is -1.23. The quantitative estimate of drug-likeness (QED) is 0.772. The van der Waals surface area contributed by atoms with Crippen molar-refractivity contribution < 1.29 is 5.11 Å². The predicted molar refractivity (Wildman–Crippen MR) is 89.3 cm³/mol. The number of aromatic hydroxyl groups is 1. The molecule has 1 atom stereocenters. The van der Waals surface area contributed by atoms with E-state index in [1.807, 2.05) is 12.1 Å². The van der Waals surface area contributed by atoms with Gasteiger partial charge < -0.3 is 10.5 Å². The average Bonchev–Trinajstić information content (AvgIpc) is 2.91. The van der Waals surface area contributed by atoms with Crippen molar-refractivity contribution in [3.63, 3.8) is 0 Å². The predicted octanol–water partition coefficient (Wildman–Crippen LogP) is 4.90. The summed E-state index contributed by atoms with van der Waals surface area (Å²) < 4.78 is 0.894. The molecule has 0 aromatic heterocycles. The maximum Gasteiger partial charge on any atom is 0.124 e. The van der Waals surface area contributed by atoms with Gasteiger partial charge in [0.2, 0.25) is 0 Å². The minimum absolute atomic E-state index is 0.0249. The fraction of sp³-hybridized carbons (Fsp3) is 0.133. The Morgan fingerprint density at radius 3 is 2.76 bits per heavy atom. The highest BCUT2D eigenvalue weighted by Gasteiger charge is 2.24. The van der Waals surface area contributed by atoms with Crippen LogP contribution in [-0.4, -0.2) is 10.8 Å². The number of nitrogens with zero attached hydrogens (tertiary/aromatic N) is 1. The van der Waals surface area contributed by atoms with Crippen molar-refractivity contribution in [2.75, 3.05) is 0 Å². The summed E-state index contributed by atoms with van der Waals surface area (Å²) in [7, 11) is 0. The highest BCUT2D eigenvalue weighted by Crippen LogP contribution is 2.33. The fourth-order valence-corrected chi connectivity index (χ4v) is 3.21. The van der Waals surface area contributed by atoms with Gasteiger partial charge in [-0.05, 0) is 35.9 Å². The highest BCUT2D eigenvalue weighted by atomic mass is 79.9. The fourth-order valence-electron chi connectivity index (χ4n) is 2.31. The summed E-state index contributed by atoms with van der Waals surface area (Å²) in [5, 5.41) is 15.5. The van der Waals surface area contributed by atoms with Crippen LogP contribution in [0.15, 0.2) is 46.0 Å². The third-order valence-corrected chi connectivity index (χ3v) is 4.42. The number of rotatable bonds is 2. The molecule has 2 aromatic carbocycles. The molecule has 108 valence electrons. The van der Waals surface area contributed by atoms with Crippen LogP contribution in [0.2, 0.25) is 10.0 Å². The summed E-state index contributed by atoms with van der Waals surface area (Å²) in [6.07, 6.45) is 0.644. The van der Waals surface area contributed by atoms with E-state index in [2.05, 4.69) is 26.5 Å². The summed E-state index contributed by atoms with van der Waals surface area (Å²) in [4.78, 5) is 0. The molecule has 0 bridgehead atoms. The zero-order valence-corrected chi connectivity index (χ0v) is 13.9. The van der Waals surface area contributed by atoms with Crippen LogP contribution >= 0.6 is 39.1 Å². The van der Waals surface area contributed by atoms with E-state index >= 15 is 0 Å². The first-order valence-corrected chi connectivity index (χ1v) is 7.85. The van der Waals surface area contributed by atoms with Gasteiger partial charge in [0.05, 0.1) is 11.8 Å². The normalized spacial score (nSPS) is 17.5. The molecule has 2 N–H and O–H groups in total. The summed E-state index contributed by atoms with van der Waals surface area (Å²) in [5.74, 6) is 0.210. The van der Waals surface area contributed by atoms with E-state index in [1.165, 1.54) is 0 Å². The largest absolute Gasteiger partial charge is 0.507 e. The van der Waals surface area contributed by atoms with Gasteiger partial charge in [-0.3, -0.25) is 0 Å². The van der Waals surface area contributed by atoms with Crippen LogP contribution in [-0.2, 0) is 0 Å². The molecule has 0 amide bonds. The van der Waals surface area contributed by atoms with Crippen molar-refractivity contribution in [2.45, 2.75) is 12.5 Å². The number of nitrogens with one attached hydrogen (secondary N) is 1. The lowest BCUT2D eigenvalue weighted by atomic mass is 9.98. The molecule has 0 radical (unpaired) electrons. The smallest absolute Gasteiger partial charge is 0.124 e. The second-order valence-corrected chi connectivity index (χ2v) is 6.53. The maximum atomic E-state index is 9.97. The number of hydrazone groups is 1. The molecule has 1 aliphatic rings. The van der Waals surface area contributed by atoms with Gasteiger partial charge >= 0.3 is 0 Å². The van der Waals surface area contributed by atoms with Crippen molar-refractivity contribution in [3.05, 3.63) is 62.0 Å². The number of benzene rings is 2. The molecule has 0 saturated heterocycles. The SMILES string of the molecule is Oc1ccc(Br)cc1C1=NNC(c2ccc(Cl)cc2Cl)C1. The van der Waals surface area contributed by atoms with E-state index < -0.39 is 0 Å². The van der Waals surface area contributed by atoms with Crippen molar-refractivity contribution in [2.24, 2.45) is 5.10 Å². The van der Waals surface area contributed by atoms with Gasteiger partial charge in [0.15, 0.2) is 0 Å². The van der Waals surface area contributed by atoms with Crippen LogP contribution in [0.3, 0.4) is 0 Å². The van der Waals surface area contributed by atoms with E-state index in [-0.39, 0.29) is 11.8 Å². The third kappa shape index (κ3) is 3.03. The minimum Gasteiger partial charge on any atom is -0.507 e. The molecule has 1 heterocycles. The second kappa shape index (κ2) is 5.87. The van der Waals surface area contributed by atoms with Crippen molar-refractivity contribution in [3.8, 4) is 5.75 Å². The van der Waals surface area contributed by atoms with Gasteiger partial charge in [-0.1, -0.05) is 45.2 Å². The van der Waals surface area contributed by atoms with Crippen LogP contribution in [0.4, 0.5) is 0 Å². The number of phenolic OH excluding ortho intramolecular Hbond substituents is 1. The number of hydrogen-bond donors (Lipinski definition) is 2. The molecule has 0 aliphatic carbocycles. The van der Waals surface area contributed by atoms with E-state index in [9.17, 15) is 5.11 Å². The number of halogens is 3. The molecular weight excluding hydrogens is 375 g/mol. The summed E-state index contributed by atoms with van der Waals surface area (Å²) in [5.41, 5.74) is 5.51.